The van der Waals surface area contributed by atoms with Gasteiger partial charge >= 0.3 is 5.97 Å². The molecule has 1 N–H and O–H groups in total. The van der Waals surface area contributed by atoms with Crippen LogP contribution in [0.3, 0.4) is 0 Å². The largest absolute Gasteiger partial charge is 0.456 e. The van der Waals surface area contributed by atoms with Gasteiger partial charge in [0.15, 0.2) is 0 Å². The highest BCUT2D eigenvalue weighted by atomic mass is 16.6. The van der Waals surface area contributed by atoms with Gasteiger partial charge in [-0.3, -0.25) is 0 Å². The zero-order chi connectivity index (χ0) is 9.94. The molecular weight excluding hydrogens is 156 g/mol. The third kappa shape index (κ3) is 3.53. The minimum atomic E-state index is -1.26. The highest BCUT2D eigenvalue weighted by Crippen LogP contribution is 2.12. The van der Waals surface area contributed by atoms with Gasteiger partial charge in [0.1, 0.15) is 6.10 Å². The number of hydrogen-bond acceptors (Lipinski definition) is 3. The summed E-state index contributed by atoms with van der Waals surface area (Å²) in [5, 5.41) is 9.30. The highest BCUT2D eigenvalue weighted by Gasteiger charge is 2.26. The fourth-order valence-corrected chi connectivity index (χ4v) is 0.388. The summed E-state index contributed by atoms with van der Waals surface area (Å²) in [6.07, 6.45) is -0.637. The number of carbonyl (C=O) groups excluding carboxylic acids is 1. The monoisotopic (exact) mass is 171 g/mol. The van der Waals surface area contributed by atoms with Crippen LogP contribution in [0.2, 0.25) is 0 Å². The first-order valence-electron chi connectivity index (χ1n) is 3.69. The second-order valence-corrected chi connectivity index (χ2v) is 3.19. The van der Waals surface area contributed by atoms with E-state index < -0.39 is 17.7 Å². The lowest BCUT2D eigenvalue weighted by Crippen LogP contribution is -2.37. The van der Waals surface area contributed by atoms with Crippen molar-refractivity contribution in [3.63, 3.8) is 0 Å². The second kappa shape index (κ2) is 3.72. The van der Waals surface area contributed by atoms with Gasteiger partial charge in [0.05, 0.1) is 5.60 Å². The van der Waals surface area contributed by atoms with Gasteiger partial charge in [0, 0.05) is 5.57 Å². The van der Waals surface area contributed by atoms with Gasteiger partial charge in [0.25, 0.3) is 0 Å². The van der Waals surface area contributed by atoms with E-state index >= 15 is 0 Å². The highest BCUT2D eigenvalue weighted by molar-refractivity contribution is 5.87. The Hall–Kier alpha value is -0.830. The Morgan fingerprint density at radius 1 is 1.67 bits per heavy atom. The van der Waals surface area contributed by atoms with E-state index in [-0.39, 0.29) is 0 Å². The van der Waals surface area contributed by atoms with E-state index in [0.29, 0.717) is 5.57 Å². The van der Waals surface area contributed by atoms with E-state index in [1.807, 2.05) is 0 Å². The van der Waals surface area contributed by atoms with Gasteiger partial charge in [-0.1, -0.05) is 6.58 Å². The van der Waals surface area contributed by atoms with Crippen LogP contribution < -0.4 is 0 Å². The molecule has 0 aliphatic carbocycles. The zero-order valence-corrected chi connectivity index (χ0v) is 7.76. The fraction of sp³-hybridized carbons (Fsp3) is 0.556. The summed E-state index contributed by atoms with van der Waals surface area (Å²) < 4.78 is 4.83. The van der Waals surface area contributed by atoms with Crippen molar-refractivity contribution >= 4 is 5.97 Å². The summed E-state index contributed by atoms with van der Waals surface area (Å²) in [4.78, 5) is 10.9. The van der Waals surface area contributed by atoms with Crippen LogP contribution in [0.1, 0.15) is 20.8 Å². The van der Waals surface area contributed by atoms with Gasteiger partial charge in [-0.15, -0.1) is 0 Å². The van der Waals surface area contributed by atoms with Gasteiger partial charge in [-0.2, -0.15) is 0 Å². The van der Waals surface area contributed by atoms with E-state index in [9.17, 15) is 9.90 Å². The third-order valence-electron chi connectivity index (χ3n) is 1.51. The summed E-state index contributed by atoms with van der Waals surface area (Å²) in [5.41, 5.74) is -0.948. The molecule has 1 radical (unpaired) electrons. The minimum Gasteiger partial charge on any atom is -0.456 e. The molecule has 0 bridgehead atoms. The van der Waals surface area contributed by atoms with Gasteiger partial charge in [-0.25, -0.2) is 4.79 Å². The summed E-state index contributed by atoms with van der Waals surface area (Å²) in [5.74, 6) is -0.508. The molecule has 3 heteroatoms. The topological polar surface area (TPSA) is 46.5 Å². The molecule has 0 fully saturated rings. The molecule has 0 rings (SSSR count). The number of esters is 1. The molecule has 3 nitrogen and oxygen atoms in total. The van der Waals surface area contributed by atoms with Crippen molar-refractivity contribution in [2.24, 2.45) is 0 Å². The summed E-state index contributed by atoms with van der Waals surface area (Å²) >= 11 is 0. The maximum absolute atomic E-state index is 10.9. The number of rotatable bonds is 3. The molecule has 0 spiro atoms. The van der Waals surface area contributed by atoms with Crippen molar-refractivity contribution in [2.45, 2.75) is 32.5 Å². The smallest absolute Gasteiger partial charge is 0.333 e. The number of hydrogen-bond donors (Lipinski definition) is 1. The molecule has 2 unspecified atom stereocenters. The van der Waals surface area contributed by atoms with E-state index in [2.05, 4.69) is 13.5 Å². The van der Waals surface area contributed by atoms with Crippen LogP contribution in [0.15, 0.2) is 12.2 Å². The molecule has 69 valence electrons. The first kappa shape index (κ1) is 11.2. The molecule has 12 heavy (non-hydrogen) atoms. The quantitative estimate of drug-likeness (QED) is 0.510. The second-order valence-electron chi connectivity index (χ2n) is 3.19. The van der Waals surface area contributed by atoms with Gasteiger partial charge in [0.2, 0.25) is 0 Å². The van der Waals surface area contributed by atoms with Crippen molar-refractivity contribution in [3.8, 4) is 0 Å². The van der Waals surface area contributed by atoms with Gasteiger partial charge < -0.3 is 9.84 Å². The van der Waals surface area contributed by atoms with Crippen LogP contribution in [-0.2, 0) is 9.53 Å². The lowest BCUT2D eigenvalue weighted by Gasteiger charge is -2.25. The van der Waals surface area contributed by atoms with E-state index in [1.54, 1.807) is 13.8 Å². The molecule has 0 saturated heterocycles. The molecule has 0 saturated carbocycles. The number of ether oxygens (including phenoxy) is 1. The van der Waals surface area contributed by atoms with Crippen LogP contribution in [0.5, 0.6) is 0 Å². The van der Waals surface area contributed by atoms with Crippen LogP contribution in [0.4, 0.5) is 0 Å². The fourth-order valence-electron chi connectivity index (χ4n) is 0.388. The summed E-state index contributed by atoms with van der Waals surface area (Å²) in [6.45, 7) is 11.4. The predicted molar refractivity (Wildman–Crippen MR) is 46.3 cm³/mol. The molecular formula is C9H15O3. The number of carbonyl (C=O) groups is 1. The molecule has 2 atom stereocenters. The summed E-state index contributed by atoms with van der Waals surface area (Å²) in [6, 6.07) is 0. The van der Waals surface area contributed by atoms with E-state index in [4.69, 9.17) is 4.74 Å². The first-order valence-corrected chi connectivity index (χ1v) is 3.69. The molecule has 0 heterocycles. The van der Waals surface area contributed by atoms with Crippen molar-refractivity contribution in [1.29, 1.82) is 0 Å². The van der Waals surface area contributed by atoms with E-state index in [1.165, 1.54) is 6.92 Å². The van der Waals surface area contributed by atoms with E-state index in [0.717, 1.165) is 0 Å². The van der Waals surface area contributed by atoms with Crippen LogP contribution in [0, 0.1) is 6.92 Å². The molecule has 0 amide bonds. The number of aliphatic hydroxyl groups is 1. The summed E-state index contributed by atoms with van der Waals surface area (Å²) in [7, 11) is 0. The molecule has 0 aromatic carbocycles. The Morgan fingerprint density at radius 3 is 2.33 bits per heavy atom. The van der Waals surface area contributed by atoms with Crippen molar-refractivity contribution in [1.82, 2.24) is 0 Å². The first-order chi connectivity index (χ1) is 5.25. The Balaban J connectivity index is 4.11. The minimum absolute atomic E-state index is 0.311. The van der Waals surface area contributed by atoms with Crippen LogP contribution in [0.25, 0.3) is 0 Å². The standard InChI is InChI=1S/C9H15O3/c1-6(2)8(10)12-7(3)9(4,5)11/h7,11H,1,4H2,2-3,5H3. The molecule has 0 aromatic heterocycles. The third-order valence-corrected chi connectivity index (χ3v) is 1.51. The molecule has 0 aromatic rings. The normalized spacial score (nSPS) is 13.8. The lowest BCUT2D eigenvalue weighted by atomic mass is 10.0. The maximum atomic E-state index is 10.9. The average Bonchev–Trinajstić information content (AvgIpc) is 1.85. The zero-order valence-electron chi connectivity index (χ0n) is 7.76. The Morgan fingerprint density at radius 2 is 2.08 bits per heavy atom. The van der Waals surface area contributed by atoms with Crippen molar-refractivity contribution in [3.05, 3.63) is 19.1 Å². The predicted octanol–water partition coefficient (Wildman–Crippen LogP) is 1.08. The lowest BCUT2D eigenvalue weighted by molar-refractivity contribution is -0.152. The Labute approximate surface area is 73.0 Å². The molecule has 0 aliphatic rings. The SMILES string of the molecule is [CH2]C(C)(O)C(C)OC(=O)C(=C)C. The Kier molecular flexibility index (Phi) is 3.46. The average molecular weight is 171 g/mol. The molecule has 0 aliphatic heterocycles. The van der Waals surface area contributed by atoms with Crippen LogP contribution in [-0.4, -0.2) is 22.8 Å². The van der Waals surface area contributed by atoms with Crippen molar-refractivity contribution in [2.75, 3.05) is 0 Å². The van der Waals surface area contributed by atoms with Gasteiger partial charge in [-0.05, 0) is 27.7 Å². The Bertz CT molecular complexity index is 188. The van der Waals surface area contributed by atoms with Crippen molar-refractivity contribution < 1.29 is 14.6 Å². The maximum Gasteiger partial charge on any atom is 0.333 e. The van der Waals surface area contributed by atoms with Crippen LogP contribution >= 0.6 is 0 Å².